The molecule has 0 radical (unpaired) electrons. The molecule has 32 heavy (non-hydrogen) atoms. The van der Waals surface area contributed by atoms with Gasteiger partial charge in [-0.1, -0.05) is 24.6 Å². The fraction of sp³-hybridized carbons (Fsp3) is 0.435. The Balaban J connectivity index is 1.26. The van der Waals surface area contributed by atoms with E-state index in [2.05, 4.69) is 10.6 Å². The van der Waals surface area contributed by atoms with Gasteiger partial charge in [0.25, 0.3) is 0 Å². The number of hydrogen-bond donors (Lipinski definition) is 2. The average Bonchev–Trinajstić information content (AvgIpc) is 3.30. The number of carbonyl (C=O) groups is 1. The molecular weight excluding hydrogens is 430 g/mol. The van der Waals surface area contributed by atoms with Crippen LogP contribution in [0.2, 0.25) is 0 Å². The molecule has 0 bridgehead atoms. The highest BCUT2D eigenvalue weighted by molar-refractivity contribution is 7.89. The molecule has 0 spiro atoms. The summed E-state index contributed by atoms with van der Waals surface area (Å²) in [6.45, 7) is 4.05. The molecule has 0 aromatic heterocycles. The molecule has 1 amide bonds. The maximum absolute atomic E-state index is 12.7. The molecule has 2 aliphatic rings. The van der Waals surface area contributed by atoms with Gasteiger partial charge in [-0.2, -0.15) is 4.31 Å². The van der Waals surface area contributed by atoms with Crippen molar-refractivity contribution in [3.05, 3.63) is 53.6 Å². The second kappa shape index (κ2) is 9.89. The van der Waals surface area contributed by atoms with E-state index in [-0.39, 0.29) is 12.7 Å². The first-order chi connectivity index (χ1) is 15.4. The van der Waals surface area contributed by atoms with Gasteiger partial charge in [-0.15, -0.1) is 0 Å². The van der Waals surface area contributed by atoms with Crippen LogP contribution in [0.25, 0.3) is 0 Å². The van der Waals surface area contributed by atoms with Crippen LogP contribution in [0.4, 0.5) is 0 Å². The zero-order valence-corrected chi connectivity index (χ0v) is 19.0. The number of nitrogens with one attached hydrogen (secondary N) is 2. The number of benzene rings is 2. The summed E-state index contributed by atoms with van der Waals surface area (Å²) < 4.78 is 37.7. The largest absolute Gasteiger partial charge is 0.454 e. The SMILES string of the molecule is CC(NCc1ccc(S(=O)(=O)N2CCCCC2)cc1)C(=O)NCc1ccc2c(c1)OCO2. The Kier molecular flexibility index (Phi) is 6.98. The molecule has 1 saturated heterocycles. The third-order valence-electron chi connectivity index (χ3n) is 5.79. The predicted molar refractivity (Wildman–Crippen MR) is 120 cm³/mol. The summed E-state index contributed by atoms with van der Waals surface area (Å²) >= 11 is 0. The number of ether oxygens (including phenoxy) is 2. The lowest BCUT2D eigenvalue weighted by Gasteiger charge is -2.25. The zero-order chi connectivity index (χ0) is 22.6. The minimum Gasteiger partial charge on any atom is -0.454 e. The van der Waals surface area contributed by atoms with Crippen molar-refractivity contribution in [2.24, 2.45) is 0 Å². The molecule has 8 nitrogen and oxygen atoms in total. The minimum atomic E-state index is -3.43. The van der Waals surface area contributed by atoms with Crippen molar-refractivity contribution in [1.29, 1.82) is 0 Å². The Morgan fingerprint density at radius 2 is 1.66 bits per heavy atom. The van der Waals surface area contributed by atoms with Crippen LogP contribution in [-0.2, 0) is 27.9 Å². The molecule has 2 aliphatic heterocycles. The molecule has 2 aromatic carbocycles. The van der Waals surface area contributed by atoms with Crippen molar-refractivity contribution in [2.45, 2.75) is 50.2 Å². The van der Waals surface area contributed by atoms with Gasteiger partial charge in [0, 0.05) is 26.2 Å². The van der Waals surface area contributed by atoms with E-state index in [4.69, 9.17) is 9.47 Å². The Bertz CT molecular complexity index is 1050. The van der Waals surface area contributed by atoms with Crippen molar-refractivity contribution in [3.8, 4) is 11.5 Å². The molecule has 172 valence electrons. The second-order valence-electron chi connectivity index (χ2n) is 8.12. The smallest absolute Gasteiger partial charge is 0.243 e. The van der Waals surface area contributed by atoms with Gasteiger partial charge >= 0.3 is 0 Å². The lowest BCUT2D eigenvalue weighted by atomic mass is 10.2. The van der Waals surface area contributed by atoms with Crippen molar-refractivity contribution in [2.75, 3.05) is 19.9 Å². The summed E-state index contributed by atoms with van der Waals surface area (Å²) in [5.74, 6) is 1.28. The van der Waals surface area contributed by atoms with Gasteiger partial charge < -0.3 is 20.1 Å². The number of sulfonamides is 1. The number of rotatable bonds is 8. The fourth-order valence-corrected chi connectivity index (χ4v) is 5.31. The molecule has 2 aromatic rings. The van der Waals surface area contributed by atoms with E-state index < -0.39 is 16.1 Å². The highest BCUT2D eigenvalue weighted by atomic mass is 32.2. The van der Waals surface area contributed by atoms with Gasteiger partial charge in [-0.3, -0.25) is 4.79 Å². The van der Waals surface area contributed by atoms with E-state index in [1.807, 2.05) is 18.2 Å². The van der Waals surface area contributed by atoms with E-state index in [1.54, 1.807) is 35.5 Å². The Morgan fingerprint density at radius 3 is 2.41 bits per heavy atom. The maximum Gasteiger partial charge on any atom is 0.243 e. The van der Waals surface area contributed by atoms with Gasteiger partial charge in [0.15, 0.2) is 11.5 Å². The summed E-state index contributed by atoms with van der Waals surface area (Å²) in [6.07, 6.45) is 2.91. The molecule has 0 aliphatic carbocycles. The summed E-state index contributed by atoms with van der Waals surface area (Å²) in [5, 5.41) is 6.09. The molecule has 2 heterocycles. The fourth-order valence-electron chi connectivity index (χ4n) is 3.79. The summed E-state index contributed by atoms with van der Waals surface area (Å²) in [4.78, 5) is 12.7. The number of amides is 1. The third-order valence-corrected chi connectivity index (χ3v) is 7.70. The molecular formula is C23H29N3O5S. The number of hydrogen-bond acceptors (Lipinski definition) is 6. The van der Waals surface area contributed by atoms with Crippen molar-refractivity contribution in [1.82, 2.24) is 14.9 Å². The number of nitrogens with zero attached hydrogens (tertiary/aromatic N) is 1. The molecule has 1 atom stereocenters. The molecule has 4 rings (SSSR count). The second-order valence-corrected chi connectivity index (χ2v) is 10.1. The lowest BCUT2D eigenvalue weighted by molar-refractivity contribution is -0.122. The van der Waals surface area contributed by atoms with Crippen LogP contribution in [0.5, 0.6) is 11.5 Å². The molecule has 1 unspecified atom stereocenters. The highest BCUT2D eigenvalue weighted by Crippen LogP contribution is 2.32. The normalized spacial score (nSPS) is 17.2. The van der Waals surface area contributed by atoms with E-state index in [0.29, 0.717) is 42.6 Å². The molecule has 9 heteroatoms. The quantitative estimate of drug-likeness (QED) is 0.629. The summed E-state index contributed by atoms with van der Waals surface area (Å²) in [6, 6.07) is 12.1. The zero-order valence-electron chi connectivity index (χ0n) is 18.2. The van der Waals surface area contributed by atoms with Crippen LogP contribution in [0.1, 0.15) is 37.3 Å². The van der Waals surface area contributed by atoms with E-state index in [0.717, 1.165) is 30.4 Å². The Morgan fingerprint density at radius 1 is 0.969 bits per heavy atom. The average molecular weight is 460 g/mol. The van der Waals surface area contributed by atoms with Gasteiger partial charge in [-0.25, -0.2) is 8.42 Å². The topological polar surface area (TPSA) is 97.0 Å². The van der Waals surface area contributed by atoms with Crippen molar-refractivity contribution in [3.63, 3.8) is 0 Å². The first-order valence-electron chi connectivity index (χ1n) is 10.9. The maximum atomic E-state index is 12.7. The van der Waals surface area contributed by atoms with Crippen LogP contribution in [0.3, 0.4) is 0 Å². The van der Waals surface area contributed by atoms with Crippen LogP contribution in [0.15, 0.2) is 47.4 Å². The molecule has 0 saturated carbocycles. The minimum absolute atomic E-state index is 0.119. The monoisotopic (exact) mass is 459 g/mol. The van der Waals surface area contributed by atoms with Gasteiger partial charge in [0.05, 0.1) is 10.9 Å². The van der Waals surface area contributed by atoms with Crippen LogP contribution in [0, 0.1) is 0 Å². The van der Waals surface area contributed by atoms with Gasteiger partial charge in [-0.05, 0) is 55.2 Å². The lowest BCUT2D eigenvalue weighted by Crippen LogP contribution is -2.41. The predicted octanol–water partition coefficient (Wildman–Crippen LogP) is 2.38. The van der Waals surface area contributed by atoms with E-state index >= 15 is 0 Å². The van der Waals surface area contributed by atoms with Crippen LogP contribution in [-0.4, -0.2) is 44.6 Å². The third kappa shape index (κ3) is 5.23. The molecule has 1 fully saturated rings. The van der Waals surface area contributed by atoms with Gasteiger partial charge in [0.1, 0.15) is 0 Å². The molecule has 2 N–H and O–H groups in total. The van der Waals surface area contributed by atoms with E-state index in [9.17, 15) is 13.2 Å². The van der Waals surface area contributed by atoms with Crippen LogP contribution < -0.4 is 20.1 Å². The number of piperidine rings is 1. The number of carbonyl (C=O) groups excluding carboxylic acids is 1. The number of fused-ring (bicyclic) bond motifs is 1. The summed E-state index contributed by atoms with van der Waals surface area (Å²) in [5.41, 5.74) is 1.85. The Labute approximate surface area is 189 Å². The van der Waals surface area contributed by atoms with Crippen molar-refractivity contribution < 1.29 is 22.7 Å². The van der Waals surface area contributed by atoms with Gasteiger partial charge in [0.2, 0.25) is 22.7 Å². The highest BCUT2D eigenvalue weighted by Gasteiger charge is 2.25. The first-order valence-corrected chi connectivity index (χ1v) is 12.4. The van der Waals surface area contributed by atoms with E-state index in [1.165, 1.54) is 0 Å². The van der Waals surface area contributed by atoms with Crippen LogP contribution >= 0.6 is 0 Å². The first kappa shape index (κ1) is 22.6. The van der Waals surface area contributed by atoms with Crippen molar-refractivity contribution >= 4 is 15.9 Å². The standard InChI is InChI=1S/C23H29N3O5S/c1-17(23(27)25-15-19-7-10-21-22(13-19)31-16-30-21)24-14-18-5-8-20(9-6-18)32(28,29)26-11-3-2-4-12-26/h5-10,13,17,24H,2-4,11-12,14-16H2,1H3,(H,25,27). The Hall–Kier alpha value is -2.62. The summed E-state index contributed by atoms with van der Waals surface area (Å²) in [7, 11) is -3.43.